The number of benzene rings is 3. The van der Waals surface area contributed by atoms with Crippen molar-refractivity contribution < 1.29 is 19.1 Å². The molecule has 0 bridgehead atoms. The first-order valence-corrected chi connectivity index (χ1v) is 13.0. The van der Waals surface area contributed by atoms with Gasteiger partial charge < -0.3 is 9.47 Å². The molecule has 0 aliphatic carbocycles. The number of amides is 2. The molecule has 0 spiro atoms. The zero-order valence-electron chi connectivity index (χ0n) is 19.2. The van der Waals surface area contributed by atoms with Gasteiger partial charge in [0.05, 0.1) is 22.5 Å². The number of imide groups is 1. The summed E-state index contributed by atoms with van der Waals surface area (Å²) in [7, 11) is 0. The highest BCUT2D eigenvalue weighted by molar-refractivity contribution is 9.10. The average Bonchev–Trinajstić information content (AvgIpc) is 3.08. The fraction of sp³-hybridized carbons (Fsp3) is 0.185. The number of ether oxygens (including phenoxy) is 2. The first-order valence-electron chi connectivity index (χ1n) is 11.0. The van der Waals surface area contributed by atoms with Gasteiger partial charge in [0.25, 0.3) is 11.1 Å². The molecule has 0 N–H and O–H groups in total. The second-order valence-corrected chi connectivity index (χ2v) is 10.1. The highest BCUT2D eigenvalue weighted by atomic mass is 79.9. The van der Waals surface area contributed by atoms with E-state index in [0.29, 0.717) is 38.1 Å². The maximum atomic E-state index is 13.0. The first-order chi connectivity index (χ1) is 16.9. The summed E-state index contributed by atoms with van der Waals surface area (Å²) >= 11 is 10.8. The Labute approximate surface area is 222 Å². The SMILES string of the molecule is CCOc1cc(/C=C2\SC(=O)N(Cc3ccccc3C)C2=O)cc(Br)c1OCc1ccccc1Cl. The minimum Gasteiger partial charge on any atom is -0.490 e. The third-order valence-corrected chi connectivity index (χ3v) is 7.29. The normalized spacial score (nSPS) is 14.6. The molecule has 1 aliphatic rings. The summed E-state index contributed by atoms with van der Waals surface area (Å²) in [5.41, 5.74) is 3.55. The lowest BCUT2D eigenvalue weighted by Gasteiger charge is -2.15. The van der Waals surface area contributed by atoms with Gasteiger partial charge in [-0.2, -0.15) is 0 Å². The molecule has 3 aromatic carbocycles. The van der Waals surface area contributed by atoms with Crippen LogP contribution in [0.4, 0.5) is 4.79 Å². The molecule has 35 heavy (non-hydrogen) atoms. The molecule has 1 aliphatic heterocycles. The zero-order valence-corrected chi connectivity index (χ0v) is 22.4. The van der Waals surface area contributed by atoms with Crippen molar-refractivity contribution in [1.82, 2.24) is 4.90 Å². The van der Waals surface area contributed by atoms with Gasteiger partial charge in [0, 0.05) is 10.6 Å². The lowest BCUT2D eigenvalue weighted by molar-refractivity contribution is -0.123. The molecule has 0 radical (unpaired) electrons. The van der Waals surface area contributed by atoms with E-state index in [2.05, 4.69) is 15.9 Å². The van der Waals surface area contributed by atoms with E-state index in [1.165, 1.54) is 4.90 Å². The number of halogens is 2. The molecule has 0 saturated carbocycles. The third kappa shape index (κ3) is 5.92. The van der Waals surface area contributed by atoms with Crippen LogP contribution in [0.1, 0.15) is 29.2 Å². The number of hydrogen-bond acceptors (Lipinski definition) is 5. The van der Waals surface area contributed by atoms with Gasteiger partial charge in [0.2, 0.25) is 0 Å². The Morgan fingerprint density at radius 1 is 1.03 bits per heavy atom. The van der Waals surface area contributed by atoms with E-state index >= 15 is 0 Å². The second-order valence-electron chi connectivity index (χ2n) is 7.84. The Bertz CT molecular complexity index is 1310. The molecule has 3 aromatic rings. The Hall–Kier alpha value is -2.74. The summed E-state index contributed by atoms with van der Waals surface area (Å²) in [6.45, 7) is 4.81. The standard InChI is InChI=1S/C27H23BrClNO4S/c1-3-33-23-13-18(12-21(28)25(23)34-16-20-10-6-7-11-22(20)29)14-24-26(31)30(27(32)35-24)15-19-9-5-4-8-17(19)2/h4-14H,3,15-16H2,1-2H3/b24-14-. The molecular formula is C27H23BrClNO4S. The van der Waals surface area contributed by atoms with Crippen LogP contribution in [0.3, 0.4) is 0 Å². The lowest BCUT2D eigenvalue weighted by atomic mass is 10.1. The maximum Gasteiger partial charge on any atom is 0.293 e. The molecule has 0 atom stereocenters. The maximum absolute atomic E-state index is 13.0. The van der Waals surface area contributed by atoms with Gasteiger partial charge in [-0.25, -0.2) is 0 Å². The van der Waals surface area contributed by atoms with E-state index in [1.54, 1.807) is 12.1 Å². The molecule has 180 valence electrons. The van der Waals surface area contributed by atoms with E-state index in [-0.39, 0.29) is 24.3 Å². The van der Waals surface area contributed by atoms with Crippen molar-refractivity contribution in [3.8, 4) is 11.5 Å². The summed E-state index contributed by atoms with van der Waals surface area (Å²) in [4.78, 5) is 27.3. The third-order valence-electron chi connectivity index (χ3n) is 5.42. The van der Waals surface area contributed by atoms with Crippen LogP contribution in [0.25, 0.3) is 6.08 Å². The summed E-state index contributed by atoms with van der Waals surface area (Å²) in [6, 6.07) is 18.8. The van der Waals surface area contributed by atoms with E-state index in [1.807, 2.05) is 68.4 Å². The second kappa shape index (κ2) is 11.3. The average molecular weight is 573 g/mol. The van der Waals surface area contributed by atoms with Crippen molar-refractivity contribution in [1.29, 1.82) is 0 Å². The van der Waals surface area contributed by atoms with Crippen LogP contribution >= 0.6 is 39.3 Å². The fourth-order valence-corrected chi connectivity index (χ4v) is 5.19. The zero-order chi connectivity index (χ0) is 24.9. The highest BCUT2D eigenvalue weighted by Gasteiger charge is 2.35. The van der Waals surface area contributed by atoms with Crippen molar-refractivity contribution in [3.63, 3.8) is 0 Å². The molecule has 2 amide bonds. The Balaban J connectivity index is 1.57. The van der Waals surface area contributed by atoms with E-state index in [9.17, 15) is 9.59 Å². The molecule has 8 heteroatoms. The number of aryl methyl sites for hydroxylation is 1. The Morgan fingerprint density at radius 3 is 2.46 bits per heavy atom. The van der Waals surface area contributed by atoms with Crippen molar-refractivity contribution in [3.05, 3.63) is 97.3 Å². The van der Waals surface area contributed by atoms with E-state index < -0.39 is 0 Å². The number of carbonyl (C=O) groups is 2. The Kier molecular flexibility index (Phi) is 8.21. The minimum atomic E-state index is -0.309. The number of nitrogens with zero attached hydrogens (tertiary/aromatic N) is 1. The number of hydrogen-bond donors (Lipinski definition) is 0. The summed E-state index contributed by atoms with van der Waals surface area (Å²) < 4.78 is 12.5. The molecule has 0 unspecified atom stereocenters. The fourth-order valence-electron chi connectivity index (χ4n) is 3.59. The van der Waals surface area contributed by atoms with Crippen molar-refractivity contribution in [2.75, 3.05) is 6.61 Å². The lowest BCUT2D eigenvalue weighted by Crippen LogP contribution is -2.27. The molecule has 1 heterocycles. The van der Waals surface area contributed by atoms with Gasteiger partial charge in [-0.15, -0.1) is 0 Å². The topological polar surface area (TPSA) is 55.8 Å². The van der Waals surface area contributed by atoms with Crippen LogP contribution < -0.4 is 9.47 Å². The van der Waals surface area contributed by atoms with Crippen LogP contribution in [0.15, 0.2) is 70.0 Å². The molecule has 1 saturated heterocycles. The van der Waals surface area contributed by atoms with Crippen molar-refractivity contribution >= 4 is 56.5 Å². The van der Waals surface area contributed by atoms with Gasteiger partial charge in [-0.1, -0.05) is 54.1 Å². The molecule has 4 rings (SSSR count). The van der Waals surface area contributed by atoms with E-state index in [0.717, 1.165) is 28.5 Å². The summed E-state index contributed by atoms with van der Waals surface area (Å²) in [6.07, 6.45) is 1.70. The van der Waals surface area contributed by atoms with Gasteiger partial charge in [0.15, 0.2) is 11.5 Å². The molecular weight excluding hydrogens is 550 g/mol. The molecule has 0 aromatic heterocycles. The summed E-state index contributed by atoms with van der Waals surface area (Å²) in [5.74, 6) is 0.757. The van der Waals surface area contributed by atoms with Crippen molar-refractivity contribution in [2.45, 2.75) is 27.0 Å². The highest BCUT2D eigenvalue weighted by Crippen LogP contribution is 2.40. The van der Waals surface area contributed by atoms with Gasteiger partial charge in [-0.3, -0.25) is 14.5 Å². The van der Waals surface area contributed by atoms with Crippen molar-refractivity contribution in [2.24, 2.45) is 0 Å². The van der Waals surface area contributed by atoms with Crippen LogP contribution in [0.5, 0.6) is 11.5 Å². The summed E-state index contributed by atoms with van der Waals surface area (Å²) in [5, 5.41) is 0.341. The number of rotatable bonds is 8. The van der Waals surface area contributed by atoms with Gasteiger partial charge in [-0.05, 0) is 82.5 Å². The number of carbonyl (C=O) groups excluding carboxylic acids is 2. The van der Waals surface area contributed by atoms with E-state index in [4.69, 9.17) is 21.1 Å². The van der Waals surface area contributed by atoms with Crippen LogP contribution in [0.2, 0.25) is 5.02 Å². The molecule has 1 fully saturated rings. The smallest absolute Gasteiger partial charge is 0.293 e. The van der Waals surface area contributed by atoms with Crippen LogP contribution in [-0.4, -0.2) is 22.7 Å². The first kappa shape index (κ1) is 25.4. The van der Waals surface area contributed by atoms with Gasteiger partial charge in [0.1, 0.15) is 6.61 Å². The van der Waals surface area contributed by atoms with Gasteiger partial charge >= 0.3 is 0 Å². The van der Waals surface area contributed by atoms with Crippen LogP contribution in [-0.2, 0) is 17.9 Å². The number of thioether (sulfide) groups is 1. The molecule has 5 nitrogen and oxygen atoms in total. The Morgan fingerprint density at radius 2 is 1.74 bits per heavy atom. The predicted octanol–water partition coefficient (Wildman–Crippen LogP) is 7.63. The van der Waals surface area contributed by atoms with Crippen LogP contribution in [0, 0.1) is 6.92 Å². The largest absolute Gasteiger partial charge is 0.490 e. The quantitative estimate of drug-likeness (QED) is 0.260. The monoisotopic (exact) mass is 571 g/mol. The predicted molar refractivity (Wildman–Crippen MR) is 144 cm³/mol. The minimum absolute atomic E-state index is 0.247.